The van der Waals surface area contributed by atoms with Crippen LogP contribution in [0.3, 0.4) is 0 Å². The topological polar surface area (TPSA) is 71.5 Å². The lowest BCUT2D eigenvalue weighted by atomic mass is 10.2. The van der Waals surface area contributed by atoms with Crippen LogP contribution in [0.15, 0.2) is 5.38 Å². The van der Waals surface area contributed by atoms with Crippen LogP contribution in [0, 0.1) is 6.92 Å². The highest BCUT2D eigenvalue weighted by molar-refractivity contribution is 7.13. The number of nitrogens with one attached hydrogen (secondary N) is 1. The summed E-state index contributed by atoms with van der Waals surface area (Å²) in [6.07, 6.45) is 0.725. The molecular weight excluding hydrogens is 228 g/mol. The minimum absolute atomic E-state index is 0.0229. The van der Waals surface area contributed by atoms with Crippen LogP contribution >= 0.6 is 11.3 Å². The molecule has 0 bridgehead atoms. The molecule has 1 aliphatic heterocycles. The number of thiazole rings is 1. The molecule has 0 spiro atoms. The highest BCUT2D eigenvalue weighted by Gasteiger charge is 2.30. The van der Waals surface area contributed by atoms with Crippen LogP contribution in [0.1, 0.15) is 18.5 Å². The van der Waals surface area contributed by atoms with Gasteiger partial charge in [0.25, 0.3) is 0 Å². The highest BCUT2D eigenvalue weighted by Crippen LogP contribution is 2.21. The molecule has 16 heavy (non-hydrogen) atoms. The highest BCUT2D eigenvalue weighted by atomic mass is 32.1. The van der Waals surface area contributed by atoms with Crippen LogP contribution in [0.25, 0.3) is 0 Å². The molecule has 0 amide bonds. The van der Waals surface area contributed by atoms with Gasteiger partial charge in [0.15, 0.2) is 11.2 Å². The largest absolute Gasteiger partial charge is 0.479 e. The standard InChI is InChI=1S/C10H14N2O3S/c1-6-5-16-10(12-6)11-4-7-2-3-8(15-7)9(13)14/h5,7-8H,2-4H2,1H3,(H,11,12)(H,13,14). The van der Waals surface area contributed by atoms with Crippen molar-refractivity contribution in [3.63, 3.8) is 0 Å². The SMILES string of the molecule is Cc1csc(NCC2CCC(C(=O)O)O2)n1. The quantitative estimate of drug-likeness (QED) is 0.837. The van der Waals surface area contributed by atoms with Crippen LogP contribution in [-0.2, 0) is 9.53 Å². The molecule has 0 aromatic carbocycles. The zero-order valence-electron chi connectivity index (χ0n) is 8.97. The van der Waals surface area contributed by atoms with E-state index in [1.165, 1.54) is 0 Å². The smallest absolute Gasteiger partial charge is 0.332 e. The predicted molar refractivity (Wildman–Crippen MR) is 60.9 cm³/mol. The van der Waals surface area contributed by atoms with Gasteiger partial charge in [-0.15, -0.1) is 11.3 Å². The monoisotopic (exact) mass is 242 g/mol. The summed E-state index contributed by atoms with van der Waals surface area (Å²) in [6, 6.07) is 0. The Kier molecular flexibility index (Phi) is 3.40. The molecule has 2 N–H and O–H groups in total. The summed E-state index contributed by atoms with van der Waals surface area (Å²) in [5.41, 5.74) is 0.989. The summed E-state index contributed by atoms with van der Waals surface area (Å²) in [4.78, 5) is 14.9. The number of rotatable bonds is 4. The van der Waals surface area contributed by atoms with Crippen molar-refractivity contribution in [3.05, 3.63) is 11.1 Å². The Bertz CT molecular complexity index is 380. The van der Waals surface area contributed by atoms with Crippen molar-refractivity contribution >= 4 is 22.4 Å². The van der Waals surface area contributed by atoms with E-state index in [0.29, 0.717) is 13.0 Å². The minimum atomic E-state index is -0.868. The first-order valence-electron chi connectivity index (χ1n) is 5.19. The fourth-order valence-electron chi connectivity index (χ4n) is 1.67. The second-order valence-electron chi connectivity index (χ2n) is 3.84. The van der Waals surface area contributed by atoms with Crippen LogP contribution in [0.4, 0.5) is 5.13 Å². The summed E-state index contributed by atoms with van der Waals surface area (Å²) in [5, 5.41) is 14.8. The summed E-state index contributed by atoms with van der Waals surface area (Å²) in [7, 11) is 0. The number of hydrogen-bond donors (Lipinski definition) is 2. The molecule has 1 aromatic heterocycles. The van der Waals surface area contributed by atoms with Crippen molar-refractivity contribution in [2.45, 2.75) is 32.0 Å². The van der Waals surface area contributed by atoms with Crippen molar-refractivity contribution in [1.82, 2.24) is 4.98 Å². The molecule has 2 unspecified atom stereocenters. The molecule has 1 aliphatic rings. The first-order chi connectivity index (χ1) is 7.65. The van der Waals surface area contributed by atoms with E-state index in [1.807, 2.05) is 12.3 Å². The van der Waals surface area contributed by atoms with E-state index >= 15 is 0 Å². The van der Waals surface area contributed by atoms with Crippen molar-refractivity contribution in [2.24, 2.45) is 0 Å². The number of hydrogen-bond acceptors (Lipinski definition) is 5. The number of nitrogens with zero attached hydrogens (tertiary/aromatic N) is 1. The molecule has 5 nitrogen and oxygen atoms in total. The van der Waals surface area contributed by atoms with Crippen molar-refractivity contribution < 1.29 is 14.6 Å². The Morgan fingerprint density at radius 3 is 3.12 bits per heavy atom. The van der Waals surface area contributed by atoms with Crippen LogP contribution in [-0.4, -0.2) is 34.8 Å². The zero-order chi connectivity index (χ0) is 11.5. The lowest BCUT2D eigenvalue weighted by Gasteiger charge is -2.11. The second kappa shape index (κ2) is 4.80. The zero-order valence-corrected chi connectivity index (χ0v) is 9.79. The van der Waals surface area contributed by atoms with Crippen LogP contribution in [0.2, 0.25) is 0 Å². The average molecular weight is 242 g/mol. The van der Waals surface area contributed by atoms with Gasteiger partial charge >= 0.3 is 5.97 Å². The van der Waals surface area contributed by atoms with Gasteiger partial charge in [-0.3, -0.25) is 0 Å². The Balaban J connectivity index is 1.77. The van der Waals surface area contributed by atoms with Gasteiger partial charge in [0, 0.05) is 11.9 Å². The molecule has 2 atom stereocenters. The first-order valence-corrected chi connectivity index (χ1v) is 6.07. The molecule has 0 aliphatic carbocycles. The van der Waals surface area contributed by atoms with Gasteiger partial charge in [-0.25, -0.2) is 9.78 Å². The third kappa shape index (κ3) is 2.70. The van der Waals surface area contributed by atoms with E-state index in [-0.39, 0.29) is 6.10 Å². The molecular formula is C10H14N2O3S. The molecule has 1 fully saturated rings. The van der Waals surface area contributed by atoms with E-state index in [1.54, 1.807) is 11.3 Å². The predicted octanol–water partition coefficient (Wildman–Crippen LogP) is 1.50. The summed E-state index contributed by atoms with van der Waals surface area (Å²) in [5.74, 6) is -0.868. The van der Waals surface area contributed by atoms with E-state index in [4.69, 9.17) is 9.84 Å². The minimum Gasteiger partial charge on any atom is -0.479 e. The third-order valence-electron chi connectivity index (χ3n) is 2.48. The number of carboxylic acid groups (broad SMARTS) is 1. The number of aliphatic carboxylic acids is 1. The summed E-state index contributed by atoms with van der Waals surface area (Å²) in [6.45, 7) is 2.56. The molecule has 6 heteroatoms. The summed E-state index contributed by atoms with van der Waals surface area (Å²) < 4.78 is 5.37. The Morgan fingerprint density at radius 2 is 2.56 bits per heavy atom. The Hall–Kier alpha value is -1.14. The van der Waals surface area contributed by atoms with Crippen molar-refractivity contribution in [1.29, 1.82) is 0 Å². The number of aryl methyl sites for hydroxylation is 1. The number of anilines is 1. The number of carbonyl (C=O) groups is 1. The molecule has 0 radical (unpaired) electrons. The fraction of sp³-hybridized carbons (Fsp3) is 0.600. The lowest BCUT2D eigenvalue weighted by Crippen LogP contribution is -2.24. The Morgan fingerprint density at radius 1 is 1.75 bits per heavy atom. The van der Waals surface area contributed by atoms with E-state index < -0.39 is 12.1 Å². The maximum Gasteiger partial charge on any atom is 0.332 e. The van der Waals surface area contributed by atoms with Gasteiger partial charge in [0.05, 0.1) is 11.8 Å². The van der Waals surface area contributed by atoms with E-state index in [9.17, 15) is 4.79 Å². The average Bonchev–Trinajstić information content (AvgIpc) is 2.83. The Labute approximate surface area is 97.5 Å². The normalized spacial score (nSPS) is 24.6. The number of ether oxygens (including phenoxy) is 1. The van der Waals surface area contributed by atoms with Gasteiger partial charge < -0.3 is 15.2 Å². The van der Waals surface area contributed by atoms with Gasteiger partial charge in [-0.05, 0) is 19.8 Å². The molecule has 0 saturated carbocycles. The molecule has 2 rings (SSSR count). The molecule has 88 valence electrons. The van der Waals surface area contributed by atoms with Gasteiger partial charge in [0.2, 0.25) is 0 Å². The van der Waals surface area contributed by atoms with Crippen molar-refractivity contribution in [3.8, 4) is 0 Å². The lowest BCUT2D eigenvalue weighted by molar-refractivity contribution is -0.149. The van der Waals surface area contributed by atoms with Crippen molar-refractivity contribution in [2.75, 3.05) is 11.9 Å². The van der Waals surface area contributed by atoms with Gasteiger partial charge in [-0.2, -0.15) is 0 Å². The fourth-order valence-corrected chi connectivity index (χ4v) is 2.37. The maximum absolute atomic E-state index is 10.7. The van der Waals surface area contributed by atoms with E-state index in [0.717, 1.165) is 17.2 Å². The molecule has 1 saturated heterocycles. The first kappa shape index (κ1) is 11.3. The van der Waals surface area contributed by atoms with E-state index in [2.05, 4.69) is 10.3 Å². The van der Waals surface area contributed by atoms with Gasteiger partial charge in [-0.1, -0.05) is 0 Å². The van der Waals surface area contributed by atoms with Crippen LogP contribution < -0.4 is 5.32 Å². The maximum atomic E-state index is 10.7. The van der Waals surface area contributed by atoms with Crippen LogP contribution in [0.5, 0.6) is 0 Å². The van der Waals surface area contributed by atoms with Gasteiger partial charge in [0.1, 0.15) is 0 Å². The molecule has 2 heterocycles. The number of aromatic nitrogens is 1. The third-order valence-corrected chi connectivity index (χ3v) is 3.40. The number of carboxylic acids is 1. The second-order valence-corrected chi connectivity index (χ2v) is 4.70. The summed E-state index contributed by atoms with van der Waals surface area (Å²) >= 11 is 1.55. The molecule has 1 aromatic rings.